The van der Waals surface area contributed by atoms with Crippen LogP contribution in [0.3, 0.4) is 0 Å². The molecule has 1 aromatic carbocycles. The smallest absolute Gasteiger partial charge is 0.303 e. The first-order chi connectivity index (χ1) is 17.6. The van der Waals surface area contributed by atoms with Crippen LogP contribution >= 0.6 is 11.8 Å². The maximum atomic E-state index is 11.3. The number of hydrogen-bond acceptors (Lipinski definition) is 6. The van der Waals surface area contributed by atoms with Crippen molar-refractivity contribution >= 4 is 28.6 Å². The third-order valence-electron chi connectivity index (χ3n) is 7.27. The van der Waals surface area contributed by atoms with Gasteiger partial charge in [-0.15, -0.1) is 11.8 Å². The molecular weight excluding hydrogens is 470 g/mol. The van der Waals surface area contributed by atoms with E-state index in [0.29, 0.717) is 11.8 Å². The van der Waals surface area contributed by atoms with Gasteiger partial charge >= 0.3 is 5.97 Å². The fourth-order valence-corrected chi connectivity index (χ4v) is 6.15. The minimum atomic E-state index is -0.685. The summed E-state index contributed by atoms with van der Waals surface area (Å²) in [5, 5.41) is 11.6. The number of aromatic nitrogens is 2. The highest BCUT2D eigenvalue weighted by Gasteiger charge is 2.29. The lowest BCUT2D eigenvalue weighted by molar-refractivity contribution is -0.137. The van der Waals surface area contributed by atoms with Gasteiger partial charge in [0.2, 0.25) is 0 Å². The summed E-state index contributed by atoms with van der Waals surface area (Å²) in [4.78, 5) is 22.7. The molecule has 0 bridgehead atoms. The maximum absolute atomic E-state index is 11.3. The fourth-order valence-electron chi connectivity index (χ4n) is 5.35. The number of ether oxygens (including phenoxy) is 1. The van der Waals surface area contributed by atoms with Crippen molar-refractivity contribution in [3.8, 4) is 5.75 Å². The van der Waals surface area contributed by atoms with Crippen molar-refractivity contribution in [1.29, 1.82) is 0 Å². The number of rotatable bonds is 13. The number of aryl methyl sites for hydroxylation is 1. The van der Waals surface area contributed by atoms with Gasteiger partial charge in [0.25, 0.3) is 0 Å². The lowest BCUT2D eigenvalue weighted by Crippen LogP contribution is -2.41. The number of thioether (sulfide) groups is 1. The molecule has 0 unspecified atom stereocenters. The molecule has 1 aliphatic rings. The maximum Gasteiger partial charge on any atom is 0.303 e. The second kappa shape index (κ2) is 13.6. The van der Waals surface area contributed by atoms with Gasteiger partial charge in [-0.3, -0.25) is 9.78 Å². The van der Waals surface area contributed by atoms with Gasteiger partial charge in [0.05, 0.1) is 17.7 Å². The van der Waals surface area contributed by atoms with Crippen LogP contribution in [0.4, 0.5) is 0 Å². The van der Waals surface area contributed by atoms with Gasteiger partial charge in [-0.25, -0.2) is 4.98 Å². The fraction of sp³-hybridized carbons (Fsp3) is 0.483. The monoisotopic (exact) mass is 507 g/mol. The molecule has 1 fully saturated rings. The average molecular weight is 508 g/mol. The van der Waals surface area contributed by atoms with Gasteiger partial charge in [-0.2, -0.15) is 0 Å². The third kappa shape index (κ3) is 7.68. The number of benzene rings is 1. The van der Waals surface area contributed by atoms with Crippen molar-refractivity contribution in [2.45, 2.75) is 50.0 Å². The molecule has 3 aromatic rings. The summed E-state index contributed by atoms with van der Waals surface area (Å²) in [6.07, 6.45) is 10.3. The Bertz CT molecular complexity index is 1110. The van der Waals surface area contributed by atoms with E-state index in [0.717, 1.165) is 85.6 Å². The molecule has 2 atom stereocenters. The lowest BCUT2D eigenvalue weighted by atomic mass is 9.79. The van der Waals surface area contributed by atoms with Gasteiger partial charge < -0.3 is 14.7 Å². The van der Waals surface area contributed by atoms with Crippen LogP contribution in [-0.4, -0.2) is 58.4 Å². The molecule has 0 amide bonds. The summed E-state index contributed by atoms with van der Waals surface area (Å²) in [6.45, 7) is 3.19. The molecule has 1 aliphatic heterocycles. The third-order valence-corrected chi connectivity index (χ3v) is 8.30. The summed E-state index contributed by atoms with van der Waals surface area (Å²) >= 11 is 1.81. The van der Waals surface area contributed by atoms with Crippen LogP contribution in [-0.2, 0) is 11.2 Å². The minimum absolute atomic E-state index is 0.263. The highest BCUT2D eigenvalue weighted by Crippen LogP contribution is 2.32. The predicted molar refractivity (Wildman–Crippen MR) is 146 cm³/mol. The molecule has 0 spiro atoms. The number of carboxylic acid groups (broad SMARTS) is 1. The Labute approximate surface area is 218 Å². The number of pyridine rings is 2. The van der Waals surface area contributed by atoms with Crippen LogP contribution in [0.25, 0.3) is 10.9 Å². The Morgan fingerprint density at radius 2 is 2.03 bits per heavy atom. The second-order valence-electron chi connectivity index (χ2n) is 9.66. The zero-order chi connectivity index (χ0) is 25.2. The Kier molecular flexibility index (Phi) is 9.99. The van der Waals surface area contributed by atoms with E-state index in [1.807, 2.05) is 48.4 Å². The van der Waals surface area contributed by atoms with Crippen LogP contribution in [0.1, 0.15) is 44.1 Å². The van der Waals surface area contributed by atoms with Gasteiger partial charge in [-0.05, 0) is 105 Å². The van der Waals surface area contributed by atoms with Crippen molar-refractivity contribution in [2.75, 3.05) is 32.5 Å². The van der Waals surface area contributed by atoms with E-state index in [1.165, 1.54) is 5.56 Å². The summed E-state index contributed by atoms with van der Waals surface area (Å²) in [5.74, 6) is 2.27. The first-order valence-electron chi connectivity index (χ1n) is 13.0. The number of likely N-dealkylation sites (tertiary alicyclic amines) is 1. The van der Waals surface area contributed by atoms with Crippen LogP contribution in [0.15, 0.2) is 59.9 Å². The van der Waals surface area contributed by atoms with Crippen LogP contribution in [0, 0.1) is 11.8 Å². The van der Waals surface area contributed by atoms with E-state index in [9.17, 15) is 9.90 Å². The van der Waals surface area contributed by atoms with E-state index >= 15 is 0 Å². The van der Waals surface area contributed by atoms with Gasteiger partial charge in [0, 0.05) is 36.5 Å². The summed E-state index contributed by atoms with van der Waals surface area (Å²) in [6, 6.07) is 14.2. The minimum Gasteiger partial charge on any atom is -0.497 e. The number of carboxylic acids is 1. The van der Waals surface area contributed by atoms with Crippen molar-refractivity contribution in [1.82, 2.24) is 14.9 Å². The molecule has 7 heteroatoms. The van der Waals surface area contributed by atoms with E-state index in [1.54, 1.807) is 7.11 Å². The highest BCUT2D eigenvalue weighted by atomic mass is 32.2. The van der Waals surface area contributed by atoms with Crippen molar-refractivity contribution in [2.24, 2.45) is 11.8 Å². The molecule has 0 aliphatic carbocycles. The molecule has 0 radical (unpaired) electrons. The van der Waals surface area contributed by atoms with Crippen molar-refractivity contribution in [3.63, 3.8) is 0 Å². The van der Waals surface area contributed by atoms with E-state index in [-0.39, 0.29) is 6.42 Å². The quantitative estimate of drug-likeness (QED) is 0.226. The normalized spacial score (nSPS) is 18.4. The zero-order valence-corrected chi connectivity index (χ0v) is 22.0. The average Bonchev–Trinajstić information content (AvgIpc) is 2.91. The second-order valence-corrected chi connectivity index (χ2v) is 10.8. The topological polar surface area (TPSA) is 75.5 Å². The SMILES string of the molecule is COc1ccc2nccc(CCC[C@@H]3CCN(CCCSc4ccccn4)C[C@@H]3CCC(=O)O)c2c1. The zero-order valence-electron chi connectivity index (χ0n) is 21.1. The van der Waals surface area contributed by atoms with Crippen molar-refractivity contribution < 1.29 is 14.6 Å². The summed E-state index contributed by atoms with van der Waals surface area (Å²) in [7, 11) is 1.69. The molecule has 2 aromatic heterocycles. The van der Waals surface area contributed by atoms with Gasteiger partial charge in [0.1, 0.15) is 5.75 Å². The molecule has 4 rings (SSSR count). The first-order valence-corrected chi connectivity index (χ1v) is 14.0. The Hall–Kier alpha value is -2.64. The molecule has 1 saturated heterocycles. The number of piperidine rings is 1. The molecule has 0 saturated carbocycles. The summed E-state index contributed by atoms with van der Waals surface area (Å²) < 4.78 is 5.42. The standard InChI is InChI=1S/C29H37N3O3S/c1-35-25-10-11-27-26(20-25)23(13-16-30-27)7-4-6-22-14-18-32(21-24(22)9-12-29(33)34)17-5-19-36-28-8-2-3-15-31-28/h2-3,8,10-11,13,15-16,20,22,24H,4-7,9,12,14,17-19,21H2,1H3,(H,33,34)/t22-,24+/m1/s1. The number of carbonyl (C=O) groups is 1. The molecule has 36 heavy (non-hydrogen) atoms. The largest absolute Gasteiger partial charge is 0.497 e. The Morgan fingerprint density at radius 1 is 1.11 bits per heavy atom. The Balaban J connectivity index is 1.28. The van der Waals surface area contributed by atoms with Gasteiger partial charge in [0.15, 0.2) is 0 Å². The molecule has 1 N–H and O–H groups in total. The summed E-state index contributed by atoms with van der Waals surface area (Å²) in [5.41, 5.74) is 2.31. The molecule has 3 heterocycles. The lowest BCUT2D eigenvalue weighted by Gasteiger charge is -2.39. The van der Waals surface area contributed by atoms with E-state index in [2.05, 4.69) is 33.1 Å². The van der Waals surface area contributed by atoms with Crippen LogP contribution in [0.5, 0.6) is 5.75 Å². The van der Waals surface area contributed by atoms with Crippen LogP contribution < -0.4 is 4.74 Å². The number of aliphatic carboxylic acids is 1. The van der Waals surface area contributed by atoms with Gasteiger partial charge in [-0.1, -0.05) is 6.07 Å². The predicted octanol–water partition coefficient (Wildman–Crippen LogP) is 5.95. The highest BCUT2D eigenvalue weighted by molar-refractivity contribution is 7.99. The van der Waals surface area contributed by atoms with Crippen molar-refractivity contribution in [3.05, 3.63) is 60.4 Å². The van der Waals surface area contributed by atoms with E-state index < -0.39 is 5.97 Å². The molecular formula is C29H37N3O3S. The van der Waals surface area contributed by atoms with E-state index in [4.69, 9.17) is 4.74 Å². The molecule has 192 valence electrons. The molecule has 6 nitrogen and oxygen atoms in total. The number of methoxy groups -OCH3 is 1. The number of nitrogens with zero attached hydrogens (tertiary/aromatic N) is 3. The first kappa shape index (κ1) is 26.4. The number of hydrogen-bond donors (Lipinski definition) is 1. The Morgan fingerprint density at radius 3 is 2.83 bits per heavy atom. The van der Waals surface area contributed by atoms with Crippen LogP contribution in [0.2, 0.25) is 0 Å². The number of fused-ring (bicyclic) bond motifs is 1.